The monoisotopic (exact) mass is 391 g/mol. The molecule has 0 bridgehead atoms. The number of furan rings is 1. The van der Waals surface area contributed by atoms with Gasteiger partial charge in [-0.2, -0.15) is 0 Å². The zero-order chi connectivity index (χ0) is 20.5. The van der Waals surface area contributed by atoms with Crippen LogP contribution in [0, 0.1) is 0 Å². The Bertz CT molecular complexity index is 761. The predicted octanol–water partition coefficient (Wildman–Crippen LogP) is 2.49. The molecule has 0 spiro atoms. The van der Waals surface area contributed by atoms with Gasteiger partial charge in [0.1, 0.15) is 5.76 Å². The molecule has 2 rings (SSSR count). The summed E-state index contributed by atoms with van der Waals surface area (Å²) >= 11 is 0. The number of carbonyl (C=O) groups excluding carboxylic acids is 2. The highest BCUT2D eigenvalue weighted by molar-refractivity contribution is 5.83. The molecule has 0 aliphatic heterocycles. The first-order chi connectivity index (χ1) is 13.5. The van der Waals surface area contributed by atoms with Gasteiger partial charge in [0.15, 0.2) is 17.6 Å². The van der Waals surface area contributed by atoms with Crippen molar-refractivity contribution in [1.29, 1.82) is 0 Å². The fourth-order valence-corrected chi connectivity index (χ4v) is 2.57. The third-order valence-electron chi connectivity index (χ3n) is 4.04. The Balaban J connectivity index is 1.86. The molecule has 0 saturated heterocycles. The molecular weight excluding hydrogens is 366 g/mol. The second-order valence-corrected chi connectivity index (χ2v) is 5.96. The number of amides is 1. The third-order valence-corrected chi connectivity index (χ3v) is 4.04. The number of nitrogens with one attached hydrogen (secondary N) is 1. The molecule has 0 radical (unpaired) electrons. The average Bonchev–Trinajstić information content (AvgIpc) is 3.22. The summed E-state index contributed by atoms with van der Waals surface area (Å²) in [6.07, 6.45) is 1.13. The molecule has 152 valence electrons. The van der Waals surface area contributed by atoms with Crippen LogP contribution in [0.3, 0.4) is 0 Å². The summed E-state index contributed by atoms with van der Waals surface area (Å²) in [6.45, 7) is 1.76. The van der Waals surface area contributed by atoms with Crippen LogP contribution in [-0.4, -0.2) is 39.3 Å². The predicted molar refractivity (Wildman–Crippen MR) is 101 cm³/mol. The lowest BCUT2D eigenvalue weighted by atomic mass is 10.1. The van der Waals surface area contributed by atoms with Crippen molar-refractivity contribution in [2.45, 2.75) is 32.4 Å². The maximum Gasteiger partial charge on any atom is 0.306 e. The molecule has 1 aromatic heterocycles. The molecule has 8 nitrogen and oxygen atoms in total. The first-order valence-corrected chi connectivity index (χ1v) is 8.77. The summed E-state index contributed by atoms with van der Waals surface area (Å²) in [5.41, 5.74) is 0.821. The Morgan fingerprint density at radius 3 is 2.32 bits per heavy atom. The van der Waals surface area contributed by atoms with Crippen LogP contribution in [0.15, 0.2) is 34.9 Å². The van der Waals surface area contributed by atoms with Crippen molar-refractivity contribution < 1.29 is 33.0 Å². The summed E-state index contributed by atoms with van der Waals surface area (Å²) < 4.78 is 26.2. The van der Waals surface area contributed by atoms with Gasteiger partial charge < -0.3 is 28.7 Å². The normalized spacial score (nSPS) is 11.4. The smallest absolute Gasteiger partial charge is 0.306 e. The Morgan fingerprint density at radius 1 is 1.11 bits per heavy atom. The topological polar surface area (TPSA) is 96.2 Å². The van der Waals surface area contributed by atoms with Gasteiger partial charge in [-0.15, -0.1) is 0 Å². The molecule has 1 N–H and O–H groups in total. The second kappa shape index (κ2) is 10.2. The zero-order valence-electron chi connectivity index (χ0n) is 16.4. The van der Waals surface area contributed by atoms with Crippen LogP contribution in [0.2, 0.25) is 0 Å². The standard InChI is InChI=1S/C20H25NO7/c1-13(20(23)21-12-15-6-5-9-27-15)28-18(22)8-7-14-10-16(24-2)19(26-4)17(11-14)25-3/h5-6,9-11,13H,7-8,12H2,1-4H3,(H,21,23)/t13-/m1/s1. The Hall–Kier alpha value is -3.16. The van der Waals surface area contributed by atoms with E-state index in [9.17, 15) is 9.59 Å². The lowest BCUT2D eigenvalue weighted by Gasteiger charge is -2.15. The second-order valence-electron chi connectivity index (χ2n) is 5.96. The number of methoxy groups -OCH3 is 3. The third kappa shape index (κ3) is 5.67. The maximum atomic E-state index is 12.1. The van der Waals surface area contributed by atoms with Gasteiger partial charge in [0.25, 0.3) is 5.91 Å². The Labute approximate surface area is 163 Å². The van der Waals surface area contributed by atoms with E-state index in [0.29, 0.717) is 29.4 Å². The average molecular weight is 391 g/mol. The van der Waals surface area contributed by atoms with E-state index in [1.807, 2.05) is 0 Å². The molecule has 28 heavy (non-hydrogen) atoms. The first kappa shape index (κ1) is 21.1. The SMILES string of the molecule is COc1cc(CCC(=O)O[C@H](C)C(=O)NCc2ccco2)cc(OC)c1OC. The molecule has 2 aromatic rings. The van der Waals surface area contributed by atoms with E-state index in [0.717, 1.165) is 5.56 Å². The van der Waals surface area contributed by atoms with E-state index in [2.05, 4.69) is 5.32 Å². The highest BCUT2D eigenvalue weighted by Gasteiger charge is 2.19. The summed E-state index contributed by atoms with van der Waals surface area (Å²) in [5.74, 6) is 1.26. The zero-order valence-corrected chi connectivity index (χ0v) is 16.4. The summed E-state index contributed by atoms with van der Waals surface area (Å²) in [5, 5.41) is 2.65. The summed E-state index contributed by atoms with van der Waals surface area (Å²) in [4.78, 5) is 24.1. The number of aryl methyl sites for hydroxylation is 1. The largest absolute Gasteiger partial charge is 0.493 e. The van der Waals surface area contributed by atoms with Gasteiger partial charge in [-0.25, -0.2) is 0 Å². The van der Waals surface area contributed by atoms with Crippen LogP contribution < -0.4 is 19.5 Å². The van der Waals surface area contributed by atoms with Crippen molar-refractivity contribution in [1.82, 2.24) is 5.32 Å². The molecule has 0 fully saturated rings. The van der Waals surface area contributed by atoms with Crippen molar-refractivity contribution in [2.24, 2.45) is 0 Å². The lowest BCUT2D eigenvalue weighted by molar-refractivity contribution is -0.154. The van der Waals surface area contributed by atoms with Crippen LogP contribution in [0.1, 0.15) is 24.7 Å². The first-order valence-electron chi connectivity index (χ1n) is 8.77. The molecule has 8 heteroatoms. The quantitative estimate of drug-likeness (QED) is 0.622. The summed E-state index contributed by atoms with van der Waals surface area (Å²) in [6, 6.07) is 7.02. The van der Waals surface area contributed by atoms with Crippen molar-refractivity contribution in [3.63, 3.8) is 0 Å². The van der Waals surface area contributed by atoms with Crippen LogP contribution in [0.4, 0.5) is 0 Å². The van der Waals surface area contributed by atoms with Gasteiger partial charge in [-0.3, -0.25) is 9.59 Å². The molecule has 0 aliphatic rings. The molecule has 0 aliphatic carbocycles. The van der Waals surface area contributed by atoms with Gasteiger partial charge in [0, 0.05) is 6.42 Å². The van der Waals surface area contributed by atoms with E-state index in [1.165, 1.54) is 34.5 Å². The van der Waals surface area contributed by atoms with E-state index in [-0.39, 0.29) is 13.0 Å². The summed E-state index contributed by atoms with van der Waals surface area (Å²) in [7, 11) is 4.58. The van der Waals surface area contributed by atoms with Crippen LogP contribution in [-0.2, 0) is 27.3 Å². The molecular formula is C20H25NO7. The van der Waals surface area contributed by atoms with Crippen molar-refractivity contribution in [3.05, 3.63) is 41.9 Å². The minimum absolute atomic E-state index is 0.106. The van der Waals surface area contributed by atoms with E-state index in [1.54, 1.807) is 24.3 Å². The number of carbonyl (C=O) groups is 2. The molecule has 1 atom stereocenters. The lowest BCUT2D eigenvalue weighted by Crippen LogP contribution is -2.35. The molecule has 1 amide bonds. The number of hydrogen-bond donors (Lipinski definition) is 1. The van der Waals surface area contributed by atoms with E-state index >= 15 is 0 Å². The fourth-order valence-electron chi connectivity index (χ4n) is 2.57. The molecule has 1 heterocycles. The van der Waals surface area contributed by atoms with Crippen molar-refractivity contribution in [2.75, 3.05) is 21.3 Å². The number of rotatable bonds is 10. The van der Waals surface area contributed by atoms with Gasteiger partial charge in [0.05, 0.1) is 34.1 Å². The highest BCUT2D eigenvalue weighted by Crippen LogP contribution is 2.38. The number of ether oxygens (including phenoxy) is 4. The van der Waals surface area contributed by atoms with E-state index in [4.69, 9.17) is 23.4 Å². The van der Waals surface area contributed by atoms with Gasteiger partial charge in [-0.05, 0) is 43.2 Å². The highest BCUT2D eigenvalue weighted by atomic mass is 16.5. The number of hydrogen-bond acceptors (Lipinski definition) is 7. The minimum Gasteiger partial charge on any atom is -0.493 e. The van der Waals surface area contributed by atoms with Gasteiger partial charge in [-0.1, -0.05) is 0 Å². The molecule has 0 saturated carbocycles. The van der Waals surface area contributed by atoms with Gasteiger partial charge >= 0.3 is 5.97 Å². The number of esters is 1. The molecule has 0 unspecified atom stereocenters. The van der Waals surface area contributed by atoms with Crippen LogP contribution in [0.25, 0.3) is 0 Å². The fraction of sp³-hybridized carbons (Fsp3) is 0.400. The van der Waals surface area contributed by atoms with Crippen molar-refractivity contribution in [3.8, 4) is 17.2 Å². The Kier molecular flexibility index (Phi) is 7.74. The van der Waals surface area contributed by atoms with Gasteiger partial charge in [0.2, 0.25) is 5.75 Å². The number of benzene rings is 1. The van der Waals surface area contributed by atoms with Crippen molar-refractivity contribution >= 4 is 11.9 Å². The van der Waals surface area contributed by atoms with Crippen LogP contribution >= 0.6 is 0 Å². The maximum absolute atomic E-state index is 12.1. The van der Waals surface area contributed by atoms with E-state index < -0.39 is 18.0 Å². The van der Waals surface area contributed by atoms with Crippen LogP contribution in [0.5, 0.6) is 17.2 Å². The molecule has 1 aromatic carbocycles. The Morgan fingerprint density at radius 2 is 1.79 bits per heavy atom. The minimum atomic E-state index is -0.901.